The molecule has 1 atom stereocenters. The zero-order chi connectivity index (χ0) is 16.1. The topological polar surface area (TPSA) is 78.3 Å². The molecule has 1 aromatic carbocycles. The van der Waals surface area contributed by atoms with Gasteiger partial charge in [0.25, 0.3) is 0 Å². The standard InChI is InChI=1S/C17H20N4O2/c22-16(23)15-6-7-21(12-15)11-14-9-19-17(20-10-14)18-8-13-4-2-1-3-5-13/h1-5,9-10,15H,6-8,11-12H2,(H,22,23)(H,18,19,20)/t15-/m1/s1. The molecule has 1 aromatic heterocycles. The number of hydrogen-bond acceptors (Lipinski definition) is 5. The van der Waals surface area contributed by atoms with Crippen LogP contribution in [0.1, 0.15) is 17.5 Å². The number of anilines is 1. The lowest BCUT2D eigenvalue weighted by atomic mass is 10.1. The van der Waals surface area contributed by atoms with Gasteiger partial charge >= 0.3 is 5.97 Å². The fraction of sp³-hybridized carbons (Fsp3) is 0.353. The second-order valence-electron chi connectivity index (χ2n) is 5.81. The maximum Gasteiger partial charge on any atom is 0.307 e. The minimum atomic E-state index is -0.704. The molecule has 1 saturated heterocycles. The number of aliphatic carboxylic acids is 1. The Morgan fingerprint density at radius 2 is 1.96 bits per heavy atom. The van der Waals surface area contributed by atoms with E-state index < -0.39 is 5.97 Å². The van der Waals surface area contributed by atoms with Crippen molar-refractivity contribution in [1.82, 2.24) is 14.9 Å². The predicted molar refractivity (Wildman–Crippen MR) is 86.8 cm³/mol. The van der Waals surface area contributed by atoms with Gasteiger partial charge in [-0.3, -0.25) is 9.69 Å². The van der Waals surface area contributed by atoms with Crippen LogP contribution in [0.3, 0.4) is 0 Å². The van der Waals surface area contributed by atoms with Crippen molar-refractivity contribution in [2.75, 3.05) is 18.4 Å². The van der Waals surface area contributed by atoms with E-state index in [0.29, 0.717) is 32.0 Å². The van der Waals surface area contributed by atoms with Gasteiger partial charge in [-0.05, 0) is 18.5 Å². The molecule has 0 bridgehead atoms. The van der Waals surface area contributed by atoms with E-state index in [1.54, 1.807) is 12.4 Å². The van der Waals surface area contributed by atoms with Gasteiger partial charge in [-0.1, -0.05) is 30.3 Å². The van der Waals surface area contributed by atoms with Gasteiger partial charge in [0.15, 0.2) is 0 Å². The second kappa shape index (κ2) is 7.19. The first-order chi connectivity index (χ1) is 11.2. The molecule has 0 unspecified atom stereocenters. The summed E-state index contributed by atoms with van der Waals surface area (Å²) in [5.74, 6) is -0.352. The number of benzene rings is 1. The average molecular weight is 312 g/mol. The van der Waals surface area contributed by atoms with Crippen LogP contribution in [-0.4, -0.2) is 39.0 Å². The van der Waals surface area contributed by atoms with Crippen molar-refractivity contribution in [3.63, 3.8) is 0 Å². The Bertz CT molecular complexity index is 645. The highest BCUT2D eigenvalue weighted by atomic mass is 16.4. The summed E-state index contributed by atoms with van der Waals surface area (Å²) in [6, 6.07) is 10.1. The summed E-state index contributed by atoms with van der Waals surface area (Å²) < 4.78 is 0. The van der Waals surface area contributed by atoms with Gasteiger partial charge in [0.2, 0.25) is 5.95 Å². The van der Waals surface area contributed by atoms with Gasteiger partial charge < -0.3 is 10.4 Å². The molecule has 0 saturated carbocycles. The van der Waals surface area contributed by atoms with Crippen molar-refractivity contribution in [3.05, 3.63) is 53.9 Å². The van der Waals surface area contributed by atoms with Crippen molar-refractivity contribution in [1.29, 1.82) is 0 Å². The Morgan fingerprint density at radius 1 is 1.22 bits per heavy atom. The first-order valence-electron chi connectivity index (χ1n) is 7.74. The molecule has 0 amide bonds. The minimum Gasteiger partial charge on any atom is -0.481 e. The van der Waals surface area contributed by atoms with Crippen molar-refractivity contribution in [2.45, 2.75) is 19.5 Å². The summed E-state index contributed by atoms with van der Waals surface area (Å²) >= 11 is 0. The zero-order valence-electron chi connectivity index (χ0n) is 12.9. The number of rotatable bonds is 6. The van der Waals surface area contributed by atoms with E-state index in [1.807, 2.05) is 30.3 Å². The van der Waals surface area contributed by atoms with Crippen molar-refractivity contribution in [3.8, 4) is 0 Å². The molecular weight excluding hydrogens is 292 g/mol. The molecule has 2 aromatic rings. The lowest BCUT2D eigenvalue weighted by molar-refractivity contribution is -0.141. The smallest absolute Gasteiger partial charge is 0.307 e. The molecular formula is C17H20N4O2. The van der Waals surface area contributed by atoms with Gasteiger partial charge in [0, 0.05) is 37.6 Å². The SMILES string of the molecule is O=C(O)[C@@H]1CCN(Cc2cnc(NCc3ccccc3)nc2)C1. The summed E-state index contributed by atoms with van der Waals surface area (Å²) in [4.78, 5) is 21.8. The number of carboxylic acids is 1. The number of nitrogens with zero attached hydrogens (tertiary/aromatic N) is 3. The quantitative estimate of drug-likeness (QED) is 0.849. The summed E-state index contributed by atoms with van der Waals surface area (Å²) in [6.45, 7) is 2.80. The lowest BCUT2D eigenvalue weighted by Gasteiger charge is -2.14. The van der Waals surface area contributed by atoms with Crippen molar-refractivity contribution < 1.29 is 9.90 Å². The molecule has 0 radical (unpaired) electrons. The van der Waals surface area contributed by atoms with Gasteiger partial charge in [0.05, 0.1) is 5.92 Å². The van der Waals surface area contributed by atoms with E-state index in [-0.39, 0.29) is 5.92 Å². The normalized spacial score (nSPS) is 18.0. The highest BCUT2D eigenvalue weighted by Crippen LogP contribution is 2.18. The summed E-state index contributed by atoms with van der Waals surface area (Å²) in [7, 11) is 0. The molecule has 6 heteroatoms. The number of carboxylic acid groups (broad SMARTS) is 1. The maximum atomic E-state index is 11.0. The third kappa shape index (κ3) is 4.26. The Kier molecular flexibility index (Phi) is 4.83. The third-order valence-corrected chi connectivity index (χ3v) is 4.03. The van der Waals surface area contributed by atoms with Crippen LogP contribution in [0, 0.1) is 5.92 Å². The molecule has 0 aliphatic carbocycles. The second-order valence-corrected chi connectivity index (χ2v) is 5.81. The minimum absolute atomic E-state index is 0.247. The monoisotopic (exact) mass is 312 g/mol. The van der Waals surface area contributed by atoms with Gasteiger partial charge in [-0.2, -0.15) is 0 Å². The van der Waals surface area contributed by atoms with Gasteiger partial charge in [-0.25, -0.2) is 9.97 Å². The van der Waals surface area contributed by atoms with Crippen LogP contribution in [0.2, 0.25) is 0 Å². The van der Waals surface area contributed by atoms with Gasteiger partial charge in [0.1, 0.15) is 0 Å². The first-order valence-corrected chi connectivity index (χ1v) is 7.74. The summed E-state index contributed by atoms with van der Waals surface area (Å²) in [5, 5.41) is 12.2. The highest BCUT2D eigenvalue weighted by Gasteiger charge is 2.27. The maximum absolute atomic E-state index is 11.0. The van der Waals surface area contributed by atoms with Crippen LogP contribution < -0.4 is 5.32 Å². The molecule has 2 N–H and O–H groups in total. The third-order valence-electron chi connectivity index (χ3n) is 4.03. The highest BCUT2D eigenvalue weighted by molar-refractivity contribution is 5.70. The first kappa shape index (κ1) is 15.4. The van der Waals surface area contributed by atoms with Gasteiger partial charge in [-0.15, -0.1) is 0 Å². The molecule has 23 heavy (non-hydrogen) atoms. The van der Waals surface area contributed by atoms with Crippen molar-refractivity contribution >= 4 is 11.9 Å². The fourth-order valence-corrected chi connectivity index (χ4v) is 2.74. The Labute approximate surface area is 135 Å². The molecule has 1 aliphatic rings. The van der Waals surface area contributed by atoms with E-state index >= 15 is 0 Å². The van der Waals surface area contributed by atoms with Crippen LogP contribution in [0.15, 0.2) is 42.7 Å². The number of aromatic nitrogens is 2. The predicted octanol–water partition coefficient (Wildman–Crippen LogP) is 2.00. The number of hydrogen-bond donors (Lipinski definition) is 2. The summed E-state index contributed by atoms with van der Waals surface area (Å²) in [5.41, 5.74) is 2.18. The van der Waals surface area contributed by atoms with Crippen LogP contribution >= 0.6 is 0 Å². The Balaban J connectivity index is 1.50. The molecule has 1 fully saturated rings. The summed E-state index contributed by atoms with van der Waals surface area (Å²) in [6.07, 6.45) is 4.32. The number of likely N-dealkylation sites (tertiary alicyclic amines) is 1. The zero-order valence-corrected chi connectivity index (χ0v) is 12.9. The van der Waals surface area contributed by atoms with Crippen LogP contribution in [-0.2, 0) is 17.9 Å². The molecule has 120 valence electrons. The van der Waals surface area contributed by atoms with Crippen LogP contribution in [0.25, 0.3) is 0 Å². The number of carbonyl (C=O) groups is 1. The Hall–Kier alpha value is -2.47. The van der Waals surface area contributed by atoms with Crippen molar-refractivity contribution in [2.24, 2.45) is 5.92 Å². The van der Waals surface area contributed by atoms with E-state index in [1.165, 1.54) is 5.56 Å². The largest absolute Gasteiger partial charge is 0.481 e. The fourth-order valence-electron chi connectivity index (χ4n) is 2.74. The average Bonchev–Trinajstić information content (AvgIpc) is 3.04. The molecule has 1 aliphatic heterocycles. The molecule has 3 rings (SSSR count). The van der Waals surface area contributed by atoms with Crippen LogP contribution in [0.4, 0.5) is 5.95 Å². The Morgan fingerprint density at radius 3 is 2.61 bits per heavy atom. The van der Waals surface area contributed by atoms with Crippen LogP contribution in [0.5, 0.6) is 0 Å². The molecule has 0 spiro atoms. The molecule has 2 heterocycles. The number of nitrogens with one attached hydrogen (secondary N) is 1. The molecule has 6 nitrogen and oxygen atoms in total. The van der Waals surface area contributed by atoms with E-state index in [0.717, 1.165) is 12.1 Å². The van der Waals surface area contributed by atoms with E-state index in [2.05, 4.69) is 20.2 Å². The lowest BCUT2D eigenvalue weighted by Crippen LogP contribution is -2.23. The van der Waals surface area contributed by atoms with E-state index in [4.69, 9.17) is 5.11 Å². The van der Waals surface area contributed by atoms with E-state index in [9.17, 15) is 4.79 Å².